The molecule has 2 heterocycles. The Bertz CT molecular complexity index is 1160. The van der Waals surface area contributed by atoms with Crippen molar-refractivity contribution >= 4 is 45.0 Å². The van der Waals surface area contributed by atoms with Crippen LogP contribution in [0, 0.1) is 13.8 Å². The molecule has 2 aromatic rings. The number of nitrogens with one attached hydrogen (secondary N) is 2. The number of rotatable bonds is 4. The number of anilines is 2. The predicted octanol–water partition coefficient (Wildman–Crippen LogP) is 3.92. The first-order valence-electron chi connectivity index (χ1n) is 10.7. The number of hydrogen-bond acceptors (Lipinski definition) is 5. The quantitative estimate of drug-likeness (QED) is 0.656. The van der Waals surface area contributed by atoms with Crippen LogP contribution in [0.15, 0.2) is 46.2 Å². The largest absolute Gasteiger partial charge is 0.341 e. The van der Waals surface area contributed by atoms with Crippen molar-refractivity contribution in [2.45, 2.75) is 54.6 Å². The topological polar surface area (TPSA) is 95.6 Å². The molecule has 7 nitrogen and oxygen atoms in total. The lowest BCUT2D eigenvalue weighted by Gasteiger charge is -2.29. The molecule has 32 heavy (non-hydrogen) atoms. The minimum absolute atomic E-state index is 0.0513. The van der Waals surface area contributed by atoms with Crippen LogP contribution in [0.1, 0.15) is 36.8 Å². The summed E-state index contributed by atoms with van der Waals surface area (Å²) in [5.41, 5.74) is 2.69. The summed E-state index contributed by atoms with van der Waals surface area (Å²) < 4.78 is 28.5. The second-order valence-corrected chi connectivity index (χ2v) is 11.1. The number of sulfonamides is 1. The van der Waals surface area contributed by atoms with Crippen LogP contribution in [0.5, 0.6) is 0 Å². The van der Waals surface area contributed by atoms with Crippen molar-refractivity contribution in [1.82, 2.24) is 4.90 Å². The molecule has 4 rings (SSSR count). The van der Waals surface area contributed by atoms with Gasteiger partial charge in [-0.2, -0.15) is 0 Å². The summed E-state index contributed by atoms with van der Waals surface area (Å²) in [4.78, 5) is 28.2. The molecule has 1 fully saturated rings. The van der Waals surface area contributed by atoms with E-state index in [1.165, 1.54) is 23.9 Å². The second-order valence-electron chi connectivity index (χ2n) is 8.31. The minimum Gasteiger partial charge on any atom is -0.341 e. The molecule has 170 valence electrons. The van der Waals surface area contributed by atoms with E-state index in [2.05, 4.69) is 10.0 Å². The van der Waals surface area contributed by atoms with E-state index in [0.29, 0.717) is 29.4 Å². The molecule has 2 aliphatic heterocycles. The Morgan fingerprint density at radius 2 is 1.78 bits per heavy atom. The molecule has 0 radical (unpaired) electrons. The maximum Gasteiger partial charge on any atom is 0.261 e. The zero-order chi connectivity index (χ0) is 22.9. The van der Waals surface area contributed by atoms with Crippen LogP contribution in [0.3, 0.4) is 0 Å². The van der Waals surface area contributed by atoms with E-state index in [4.69, 9.17) is 0 Å². The van der Waals surface area contributed by atoms with Gasteiger partial charge in [-0.1, -0.05) is 25.0 Å². The lowest BCUT2D eigenvalue weighted by Crippen LogP contribution is -2.45. The number of carbonyl (C=O) groups is 2. The van der Waals surface area contributed by atoms with E-state index in [1.807, 2.05) is 26.0 Å². The maximum absolute atomic E-state index is 13.0. The molecule has 0 spiro atoms. The van der Waals surface area contributed by atoms with Crippen LogP contribution >= 0.6 is 11.8 Å². The van der Waals surface area contributed by atoms with E-state index >= 15 is 0 Å². The van der Waals surface area contributed by atoms with Gasteiger partial charge in [-0.15, -0.1) is 11.8 Å². The van der Waals surface area contributed by atoms with Crippen LogP contribution in [-0.4, -0.2) is 43.5 Å². The van der Waals surface area contributed by atoms with E-state index in [-0.39, 0.29) is 10.8 Å². The number of likely N-dealkylation sites (tertiary alicyclic amines) is 1. The summed E-state index contributed by atoms with van der Waals surface area (Å²) in [7, 11) is -3.84. The van der Waals surface area contributed by atoms with E-state index in [1.54, 1.807) is 17.0 Å². The zero-order valence-electron chi connectivity index (χ0n) is 18.2. The Kier molecular flexibility index (Phi) is 6.48. The van der Waals surface area contributed by atoms with Crippen LogP contribution in [-0.2, 0) is 19.6 Å². The van der Waals surface area contributed by atoms with Gasteiger partial charge >= 0.3 is 0 Å². The average Bonchev–Trinajstić information content (AvgIpc) is 3.04. The number of amides is 2. The lowest BCUT2D eigenvalue weighted by molar-refractivity contribution is -0.133. The molecule has 2 N–H and O–H groups in total. The van der Waals surface area contributed by atoms with E-state index in [0.717, 1.165) is 36.8 Å². The molecule has 2 amide bonds. The lowest BCUT2D eigenvalue weighted by atomic mass is 10.1. The Labute approximate surface area is 193 Å². The van der Waals surface area contributed by atoms with Crippen molar-refractivity contribution in [2.75, 3.05) is 23.1 Å². The van der Waals surface area contributed by atoms with Gasteiger partial charge < -0.3 is 10.2 Å². The van der Waals surface area contributed by atoms with Gasteiger partial charge in [0.15, 0.2) is 5.25 Å². The van der Waals surface area contributed by atoms with Gasteiger partial charge in [0, 0.05) is 18.0 Å². The summed E-state index contributed by atoms with van der Waals surface area (Å²) in [5, 5.41) is 1.89. The molecule has 0 saturated carbocycles. The highest BCUT2D eigenvalue weighted by Gasteiger charge is 2.36. The average molecular weight is 474 g/mol. The molecule has 0 unspecified atom stereocenters. The third-order valence-corrected chi connectivity index (χ3v) is 8.41. The maximum atomic E-state index is 13.0. The Balaban J connectivity index is 1.54. The zero-order valence-corrected chi connectivity index (χ0v) is 19.8. The molecule has 9 heteroatoms. The number of hydrogen-bond donors (Lipinski definition) is 2. The van der Waals surface area contributed by atoms with Crippen LogP contribution < -0.4 is 10.0 Å². The first kappa shape index (κ1) is 22.7. The summed E-state index contributed by atoms with van der Waals surface area (Å²) >= 11 is 1.18. The predicted molar refractivity (Wildman–Crippen MR) is 126 cm³/mol. The van der Waals surface area contributed by atoms with Gasteiger partial charge in [-0.3, -0.25) is 14.3 Å². The molecule has 0 aliphatic carbocycles. The highest BCUT2D eigenvalue weighted by molar-refractivity contribution is 8.01. The fourth-order valence-electron chi connectivity index (χ4n) is 3.92. The highest BCUT2D eigenvalue weighted by atomic mass is 32.2. The van der Waals surface area contributed by atoms with Crippen LogP contribution in [0.25, 0.3) is 0 Å². The van der Waals surface area contributed by atoms with Gasteiger partial charge in [0.25, 0.3) is 10.0 Å². The highest BCUT2D eigenvalue weighted by Crippen LogP contribution is 2.38. The first-order valence-corrected chi connectivity index (χ1v) is 13.1. The number of aryl methyl sites for hydroxylation is 2. The van der Waals surface area contributed by atoms with Gasteiger partial charge in [-0.05, 0) is 62.1 Å². The minimum atomic E-state index is -3.84. The van der Waals surface area contributed by atoms with Crippen molar-refractivity contribution in [1.29, 1.82) is 0 Å². The molecule has 2 aliphatic rings. The normalized spacial score (nSPS) is 19.0. The van der Waals surface area contributed by atoms with Gasteiger partial charge in [-0.25, -0.2) is 8.42 Å². The summed E-state index contributed by atoms with van der Waals surface area (Å²) in [6.07, 6.45) is 4.11. The summed E-state index contributed by atoms with van der Waals surface area (Å²) in [6.45, 7) is 5.09. The summed E-state index contributed by atoms with van der Waals surface area (Å²) in [5.74, 6) is -0.581. The first-order chi connectivity index (χ1) is 15.2. The van der Waals surface area contributed by atoms with E-state index < -0.39 is 21.2 Å². The van der Waals surface area contributed by atoms with Crippen molar-refractivity contribution in [3.63, 3.8) is 0 Å². The SMILES string of the molecule is Cc1ccc(C)c(NS(=O)(=O)c2ccc3c(c2)NC(=O)[C@H](C(=O)N2CCCCCC2)S3)c1. The molecular weight excluding hydrogens is 446 g/mol. The third kappa shape index (κ3) is 4.78. The molecular formula is C23H27N3O4S2. The van der Waals surface area contributed by atoms with Crippen LogP contribution in [0.2, 0.25) is 0 Å². The van der Waals surface area contributed by atoms with Gasteiger partial charge in [0.2, 0.25) is 11.8 Å². The standard InChI is InChI=1S/C23H27N3O4S2/c1-15-7-8-16(2)18(13-15)25-32(29,30)17-9-10-20-19(14-17)24-22(27)21(31-20)23(28)26-11-5-3-4-6-12-26/h7-10,13-14,21,25H,3-6,11-12H2,1-2H3,(H,24,27)/t21-/m1/s1. The fraction of sp³-hybridized carbons (Fsp3) is 0.391. The van der Waals surface area contributed by atoms with Crippen molar-refractivity contribution in [3.8, 4) is 0 Å². The number of nitrogens with zero attached hydrogens (tertiary/aromatic N) is 1. The Morgan fingerprint density at radius 1 is 1.06 bits per heavy atom. The number of carbonyl (C=O) groups excluding carboxylic acids is 2. The van der Waals surface area contributed by atoms with Gasteiger partial charge in [0.1, 0.15) is 0 Å². The molecule has 0 aromatic heterocycles. The second kappa shape index (κ2) is 9.15. The monoisotopic (exact) mass is 473 g/mol. The Hall–Kier alpha value is -2.52. The smallest absolute Gasteiger partial charge is 0.261 e. The van der Waals surface area contributed by atoms with Crippen molar-refractivity contribution in [2.24, 2.45) is 0 Å². The molecule has 2 aromatic carbocycles. The fourth-order valence-corrected chi connectivity index (χ4v) is 6.13. The van der Waals surface area contributed by atoms with Gasteiger partial charge in [0.05, 0.1) is 16.3 Å². The molecule has 0 bridgehead atoms. The summed E-state index contributed by atoms with van der Waals surface area (Å²) in [6, 6.07) is 10.2. The van der Waals surface area contributed by atoms with E-state index in [9.17, 15) is 18.0 Å². The van der Waals surface area contributed by atoms with Crippen molar-refractivity contribution in [3.05, 3.63) is 47.5 Å². The molecule has 1 atom stereocenters. The van der Waals surface area contributed by atoms with Crippen LogP contribution in [0.4, 0.5) is 11.4 Å². The third-order valence-electron chi connectivity index (χ3n) is 5.78. The van der Waals surface area contributed by atoms with Crippen molar-refractivity contribution < 1.29 is 18.0 Å². The molecule has 1 saturated heterocycles. The number of fused-ring (bicyclic) bond motifs is 1. The number of thioether (sulfide) groups is 1. The Morgan fingerprint density at radius 3 is 2.50 bits per heavy atom. The number of benzene rings is 2.